The number of phenols is 1. The van der Waals surface area contributed by atoms with E-state index in [-0.39, 0.29) is 29.2 Å². The topological polar surface area (TPSA) is 92.3 Å². The number of H-pyrrole nitrogens is 1. The summed E-state index contributed by atoms with van der Waals surface area (Å²) < 4.78 is 5.19. The number of benzene rings is 1. The quantitative estimate of drug-likeness (QED) is 0.700. The molecule has 6 nitrogen and oxygen atoms in total. The predicted molar refractivity (Wildman–Crippen MR) is 99.5 cm³/mol. The maximum Gasteiger partial charge on any atom is 0.340 e. The van der Waals surface area contributed by atoms with Crippen molar-refractivity contribution in [2.24, 2.45) is 0 Å². The Morgan fingerprint density at radius 3 is 2.69 bits per heavy atom. The van der Waals surface area contributed by atoms with Crippen LogP contribution in [-0.2, 0) is 4.74 Å². The Morgan fingerprint density at radius 2 is 2.08 bits per heavy atom. The van der Waals surface area contributed by atoms with Crippen LogP contribution in [0, 0.1) is 0 Å². The van der Waals surface area contributed by atoms with Crippen LogP contribution in [0.2, 0.25) is 0 Å². The van der Waals surface area contributed by atoms with Crippen molar-refractivity contribution in [2.45, 2.75) is 26.7 Å². The SMILES string of the molecule is CCOC(=O)c1c(C(C)C)[nH]c(=O)c2c(O)cc(-c3ccccn3)cc12. The van der Waals surface area contributed by atoms with Gasteiger partial charge < -0.3 is 14.8 Å². The highest BCUT2D eigenvalue weighted by molar-refractivity contribution is 6.08. The third-order valence-electron chi connectivity index (χ3n) is 4.15. The smallest absolute Gasteiger partial charge is 0.340 e. The van der Waals surface area contributed by atoms with Crippen LogP contribution in [0.4, 0.5) is 0 Å². The predicted octanol–water partition coefficient (Wildman–Crippen LogP) is 3.60. The number of esters is 1. The lowest BCUT2D eigenvalue weighted by atomic mass is 9.95. The maximum absolute atomic E-state index is 12.6. The minimum atomic E-state index is -0.532. The van der Waals surface area contributed by atoms with Gasteiger partial charge in [-0.15, -0.1) is 0 Å². The molecule has 0 aliphatic carbocycles. The number of rotatable bonds is 4. The van der Waals surface area contributed by atoms with Gasteiger partial charge in [-0.05, 0) is 37.1 Å². The zero-order chi connectivity index (χ0) is 18.8. The Kier molecular flexibility index (Phi) is 4.75. The molecule has 0 radical (unpaired) electrons. The van der Waals surface area contributed by atoms with E-state index in [4.69, 9.17) is 4.74 Å². The first kappa shape index (κ1) is 17.7. The van der Waals surface area contributed by atoms with Gasteiger partial charge in [0.1, 0.15) is 5.75 Å². The third-order valence-corrected chi connectivity index (χ3v) is 4.15. The molecule has 0 unspecified atom stereocenters. The number of nitrogens with one attached hydrogen (secondary N) is 1. The number of phenolic OH excluding ortho intramolecular Hbond substituents is 1. The van der Waals surface area contributed by atoms with Crippen LogP contribution < -0.4 is 5.56 Å². The molecule has 0 saturated heterocycles. The first-order chi connectivity index (χ1) is 12.4. The number of aromatic amines is 1. The standard InChI is InChI=1S/C20H20N2O4/c1-4-26-20(25)17-13-9-12(14-7-5-6-8-21-14)10-15(23)16(13)19(24)22-18(17)11(2)3/h5-11,23H,4H2,1-3H3,(H,22,24). The Labute approximate surface area is 150 Å². The second kappa shape index (κ2) is 7.00. The van der Waals surface area contributed by atoms with Crippen LogP contribution in [0.1, 0.15) is 42.7 Å². The van der Waals surface area contributed by atoms with E-state index in [1.165, 1.54) is 6.07 Å². The van der Waals surface area contributed by atoms with Crippen molar-refractivity contribution in [3.8, 4) is 17.0 Å². The van der Waals surface area contributed by atoms with Crippen LogP contribution in [0.25, 0.3) is 22.0 Å². The van der Waals surface area contributed by atoms with Crippen molar-refractivity contribution in [3.05, 3.63) is 58.1 Å². The van der Waals surface area contributed by atoms with Gasteiger partial charge in [0.15, 0.2) is 0 Å². The van der Waals surface area contributed by atoms with Crippen LogP contribution in [0.3, 0.4) is 0 Å². The Bertz CT molecular complexity index is 1020. The molecule has 1 aromatic carbocycles. The van der Waals surface area contributed by atoms with Crippen LogP contribution in [-0.4, -0.2) is 27.7 Å². The van der Waals surface area contributed by atoms with Gasteiger partial charge in [0.25, 0.3) is 5.56 Å². The molecule has 0 spiro atoms. The lowest BCUT2D eigenvalue weighted by molar-refractivity contribution is 0.0526. The molecular weight excluding hydrogens is 332 g/mol. The Hall–Kier alpha value is -3.15. The molecule has 0 bridgehead atoms. The van der Waals surface area contributed by atoms with Crippen LogP contribution >= 0.6 is 0 Å². The van der Waals surface area contributed by atoms with E-state index in [1.54, 1.807) is 31.3 Å². The number of carbonyl (C=O) groups is 1. The van der Waals surface area contributed by atoms with Crippen LogP contribution in [0.15, 0.2) is 41.3 Å². The van der Waals surface area contributed by atoms with Crippen molar-refractivity contribution in [2.75, 3.05) is 6.61 Å². The number of fused-ring (bicyclic) bond motifs is 1. The van der Waals surface area contributed by atoms with Crippen molar-refractivity contribution in [1.29, 1.82) is 0 Å². The first-order valence-corrected chi connectivity index (χ1v) is 8.45. The van der Waals surface area contributed by atoms with Crippen molar-refractivity contribution >= 4 is 16.7 Å². The number of nitrogens with zero attached hydrogens (tertiary/aromatic N) is 1. The van der Waals surface area contributed by atoms with E-state index in [0.29, 0.717) is 22.3 Å². The third kappa shape index (κ3) is 3.06. The molecule has 3 aromatic rings. The number of hydrogen-bond donors (Lipinski definition) is 2. The van der Waals surface area contributed by atoms with Gasteiger partial charge in [-0.3, -0.25) is 9.78 Å². The van der Waals surface area contributed by atoms with Crippen molar-refractivity contribution in [3.63, 3.8) is 0 Å². The summed E-state index contributed by atoms with van der Waals surface area (Å²) in [4.78, 5) is 32.1. The summed E-state index contributed by atoms with van der Waals surface area (Å²) in [5, 5.41) is 10.9. The minimum absolute atomic E-state index is 0.0668. The minimum Gasteiger partial charge on any atom is -0.507 e. The summed E-state index contributed by atoms with van der Waals surface area (Å²) in [6.45, 7) is 5.69. The number of carbonyl (C=O) groups excluding carboxylic acids is 1. The second-order valence-corrected chi connectivity index (χ2v) is 6.25. The summed E-state index contributed by atoms with van der Waals surface area (Å²) in [5.74, 6) is -0.840. The highest BCUT2D eigenvalue weighted by atomic mass is 16.5. The number of pyridine rings is 2. The highest BCUT2D eigenvalue weighted by Crippen LogP contribution is 2.33. The van der Waals surface area contributed by atoms with Gasteiger partial charge in [0.05, 0.1) is 23.3 Å². The molecule has 2 heterocycles. The van der Waals surface area contributed by atoms with E-state index in [9.17, 15) is 14.7 Å². The van der Waals surface area contributed by atoms with Crippen molar-refractivity contribution < 1.29 is 14.6 Å². The zero-order valence-corrected chi connectivity index (χ0v) is 14.9. The number of aromatic hydroxyl groups is 1. The monoisotopic (exact) mass is 352 g/mol. The summed E-state index contributed by atoms with van der Waals surface area (Å²) in [6.07, 6.45) is 1.64. The normalized spacial score (nSPS) is 11.1. The average Bonchev–Trinajstić information content (AvgIpc) is 2.61. The summed E-state index contributed by atoms with van der Waals surface area (Å²) in [6, 6.07) is 8.58. The lowest BCUT2D eigenvalue weighted by Crippen LogP contribution is -2.18. The molecular formula is C20H20N2O4. The Balaban J connectivity index is 2.41. The summed E-state index contributed by atoms with van der Waals surface area (Å²) in [5.41, 5.74) is 1.55. The van der Waals surface area contributed by atoms with Gasteiger partial charge in [-0.25, -0.2) is 4.79 Å². The summed E-state index contributed by atoms with van der Waals surface area (Å²) in [7, 11) is 0. The highest BCUT2D eigenvalue weighted by Gasteiger charge is 2.23. The largest absolute Gasteiger partial charge is 0.507 e. The molecule has 3 rings (SSSR count). The fourth-order valence-electron chi connectivity index (χ4n) is 2.99. The zero-order valence-electron chi connectivity index (χ0n) is 14.9. The number of ether oxygens (including phenoxy) is 1. The molecule has 0 atom stereocenters. The lowest BCUT2D eigenvalue weighted by Gasteiger charge is -2.16. The fraction of sp³-hybridized carbons (Fsp3) is 0.250. The summed E-state index contributed by atoms with van der Waals surface area (Å²) >= 11 is 0. The van der Waals surface area contributed by atoms with Gasteiger partial charge in [-0.2, -0.15) is 0 Å². The molecule has 134 valence electrons. The first-order valence-electron chi connectivity index (χ1n) is 8.45. The van der Waals surface area contributed by atoms with Gasteiger partial charge in [-0.1, -0.05) is 19.9 Å². The molecule has 0 saturated carbocycles. The second-order valence-electron chi connectivity index (χ2n) is 6.25. The number of aromatic nitrogens is 2. The number of hydrogen-bond acceptors (Lipinski definition) is 5. The van der Waals surface area contributed by atoms with E-state index < -0.39 is 11.5 Å². The maximum atomic E-state index is 12.6. The molecule has 0 fully saturated rings. The van der Waals surface area contributed by atoms with E-state index in [1.807, 2.05) is 19.9 Å². The van der Waals surface area contributed by atoms with E-state index >= 15 is 0 Å². The van der Waals surface area contributed by atoms with E-state index in [2.05, 4.69) is 9.97 Å². The average molecular weight is 352 g/mol. The molecule has 2 N–H and O–H groups in total. The van der Waals surface area contributed by atoms with Gasteiger partial charge in [0, 0.05) is 22.8 Å². The van der Waals surface area contributed by atoms with Gasteiger partial charge >= 0.3 is 5.97 Å². The molecule has 0 amide bonds. The molecule has 26 heavy (non-hydrogen) atoms. The molecule has 2 aromatic heterocycles. The molecule has 6 heteroatoms. The van der Waals surface area contributed by atoms with Crippen LogP contribution in [0.5, 0.6) is 5.75 Å². The van der Waals surface area contributed by atoms with E-state index in [0.717, 1.165) is 0 Å². The fourth-order valence-corrected chi connectivity index (χ4v) is 2.99. The molecule has 0 aliphatic heterocycles. The molecule has 0 aliphatic rings. The Morgan fingerprint density at radius 1 is 1.31 bits per heavy atom. The van der Waals surface area contributed by atoms with Gasteiger partial charge in [0.2, 0.25) is 0 Å². The van der Waals surface area contributed by atoms with Crippen molar-refractivity contribution in [1.82, 2.24) is 9.97 Å².